The Kier molecular flexibility index (Phi) is 6.46. The van der Waals surface area contributed by atoms with Crippen molar-refractivity contribution in [1.29, 1.82) is 0 Å². The molecule has 2 amide bonds. The van der Waals surface area contributed by atoms with E-state index in [9.17, 15) is 14.7 Å². The van der Waals surface area contributed by atoms with Crippen LogP contribution in [0.3, 0.4) is 0 Å². The van der Waals surface area contributed by atoms with Gasteiger partial charge in [0.25, 0.3) is 11.8 Å². The van der Waals surface area contributed by atoms with E-state index in [0.29, 0.717) is 30.1 Å². The molecule has 0 atom stereocenters. The van der Waals surface area contributed by atoms with Crippen molar-refractivity contribution in [2.24, 2.45) is 0 Å². The molecule has 2 aromatic carbocycles. The molecule has 0 aromatic heterocycles. The first-order valence-corrected chi connectivity index (χ1v) is 8.56. The Morgan fingerprint density at radius 3 is 2.38 bits per heavy atom. The molecular weight excluding hydrogens is 356 g/mol. The van der Waals surface area contributed by atoms with Crippen LogP contribution in [0.1, 0.15) is 34.6 Å². The first-order valence-electron chi connectivity index (χ1n) is 8.18. The van der Waals surface area contributed by atoms with E-state index in [0.717, 1.165) is 0 Å². The fourth-order valence-corrected chi connectivity index (χ4v) is 2.73. The summed E-state index contributed by atoms with van der Waals surface area (Å²) in [4.78, 5) is 26.5. The van der Waals surface area contributed by atoms with Crippen molar-refractivity contribution in [2.45, 2.75) is 13.8 Å². The van der Waals surface area contributed by atoms with Crippen LogP contribution < -0.4 is 10.1 Å². The number of nitrogens with one attached hydrogen (secondary N) is 1. The molecule has 0 aliphatic carbocycles. The van der Waals surface area contributed by atoms with E-state index in [1.165, 1.54) is 25.3 Å². The van der Waals surface area contributed by atoms with Gasteiger partial charge in [-0.2, -0.15) is 0 Å². The minimum Gasteiger partial charge on any atom is -0.507 e. The molecule has 0 fully saturated rings. The minimum atomic E-state index is -0.514. The van der Waals surface area contributed by atoms with Gasteiger partial charge in [0, 0.05) is 18.8 Å². The third kappa shape index (κ3) is 4.26. The average molecular weight is 377 g/mol. The summed E-state index contributed by atoms with van der Waals surface area (Å²) in [7, 11) is 1.47. The topological polar surface area (TPSA) is 78.9 Å². The van der Waals surface area contributed by atoms with Gasteiger partial charge in [-0.1, -0.05) is 11.6 Å². The van der Waals surface area contributed by atoms with E-state index in [4.69, 9.17) is 16.3 Å². The van der Waals surface area contributed by atoms with Gasteiger partial charge in [0.15, 0.2) is 0 Å². The average Bonchev–Trinajstić information content (AvgIpc) is 2.63. The number of hydrogen-bond acceptors (Lipinski definition) is 4. The second-order valence-electron chi connectivity index (χ2n) is 5.51. The molecule has 0 saturated heterocycles. The van der Waals surface area contributed by atoms with Crippen molar-refractivity contribution in [3.63, 3.8) is 0 Å². The normalized spacial score (nSPS) is 10.3. The van der Waals surface area contributed by atoms with Crippen LogP contribution in [0.25, 0.3) is 0 Å². The van der Waals surface area contributed by atoms with Gasteiger partial charge in [0.1, 0.15) is 11.5 Å². The number of phenolic OH excluding ortho intramolecular Hbond substituents is 1. The van der Waals surface area contributed by atoms with E-state index < -0.39 is 5.91 Å². The zero-order valence-electron chi connectivity index (χ0n) is 14.9. The standard InChI is InChI=1S/C19H21ClN2O4/c1-4-22(5-2)19(25)14-8-6-12(10-16(14)20)21-18(24)15-11-13(26-3)7-9-17(15)23/h6-11,23H,4-5H2,1-3H3,(H,21,24). The summed E-state index contributed by atoms with van der Waals surface area (Å²) in [5, 5.41) is 12.8. The molecule has 0 spiro atoms. The van der Waals surface area contributed by atoms with Gasteiger partial charge < -0.3 is 20.1 Å². The van der Waals surface area contributed by atoms with Gasteiger partial charge in [0.2, 0.25) is 0 Å². The molecule has 0 bridgehead atoms. The Hall–Kier alpha value is -2.73. The molecule has 0 heterocycles. The maximum atomic E-state index is 12.4. The number of carbonyl (C=O) groups is 2. The van der Waals surface area contributed by atoms with E-state index in [-0.39, 0.29) is 22.2 Å². The summed E-state index contributed by atoms with van der Waals surface area (Å²) in [5.41, 5.74) is 0.861. The Labute approximate surface area is 157 Å². The molecule has 0 aliphatic rings. The number of carbonyl (C=O) groups excluding carboxylic acids is 2. The number of phenols is 1. The molecule has 0 saturated carbocycles. The van der Waals surface area contributed by atoms with Crippen LogP contribution in [0, 0.1) is 0 Å². The third-order valence-corrected chi connectivity index (χ3v) is 4.27. The lowest BCUT2D eigenvalue weighted by Crippen LogP contribution is -2.30. The molecule has 6 nitrogen and oxygen atoms in total. The van der Waals surface area contributed by atoms with Crippen LogP contribution in [0.4, 0.5) is 5.69 Å². The molecule has 2 aromatic rings. The van der Waals surface area contributed by atoms with Crippen molar-refractivity contribution >= 4 is 29.1 Å². The van der Waals surface area contributed by atoms with Crippen LogP contribution in [0.5, 0.6) is 11.5 Å². The highest BCUT2D eigenvalue weighted by Gasteiger charge is 2.17. The summed E-state index contributed by atoms with van der Waals surface area (Å²) >= 11 is 6.22. The quantitative estimate of drug-likeness (QED) is 0.804. The number of hydrogen-bond donors (Lipinski definition) is 2. The lowest BCUT2D eigenvalue weighted by Gasteiger charge is -2.19. The smallest absolute Gasteiger partial charge is 0.259 e. The Morgan fingerprint density at radius 1 is 1.12 bits per heavy atom. The van der Waals surface area contributed by atoms with Crippen LogP contribution in [-0.2, 0) is 0 Å². The number of anilines is 1. The summed E-state index contributed by atoms with van der Waals surface area (Å²) in [5.74, 6) is -0.391. The van der Waals surface area contributed by atoms with Crippen molar-refractivity contribution in [3.05, 3.63) is 52.5 Å². The number of rotatable bonds is 6. The highest BCUT2D eigenvalue weighted by molar-refractivity contribution is 6.34. The number of aromatic hydroxyl groups is 1. The maximum absolute atomic E-state index is 12.4. The fourth-order valence-electron chi connectivity index (χ4n) is 2.47. The van der Waals surface area contributed by atoms with Crippen LogP contribution in [-0.4, -0.2) is 42.0 Å². The van der Waals surface area contributed by atoms with Gasteiger partial charge in [-0.3, -0.25) is 9.59 Å². The van der Waals surface area contributed by atoms with Gasteiger partial charge in [-0.15, -0.1) is 0 Å². The number of amides is 2. The van der Waals surface area contributed by atoms with Crippen LogP contribution in [0.15, 0.2) is 36.4 Å². The van der Waals surface area contributed by atoms with Crippen molar-refractivity contribution in [2.75, 3.05) is 25.5 Å². The summed E-state index contributed by atoms with van der Waals surface area (Å²) < 4.78 is 5.06. The lowest BCUT2D eigenvalue weighted by atomic mass is 10.1. The predicted octanol–water partition coefficient (Wildman–Crippen LogP) is 3.79. The van der Waals surface area contributed by atoms with Crippen molar-refractivity contribution < 1.29 is 19.4 Å². The number of ether oxygens (including phenoxy) is 1. The number of benzene rings is 2. The van der Waals surface area contributed by atoms with Crippen LogP contribution >= 0.6 is 11.6 Å². The van der Waals surface area contributed by atoms with Crippen LogP contribution in [0.2, 0.25) is 5.02 Å². The zero-order valence-corrected chi connectivity index (χ0v) is 15.6. The van der Waals surface area contributed by atoms with Gasteiger partial charge >= 0.3 is 0 Å². The monoisotopic (exact) mass is 376 g/mol. The molecule has 138 valence electrons. The Bertz CT molecular complexity index is 819. The molecule has 2 N–H and O–H groups in total. The molecule has 0 unspecified atom stereocenters. The SMILES string of the molecule is CCN(CC)C(=O)c1ccc(NC(=O)c2cc(OC)ccc2O)cc1Cl. The number of halogens is 1. The Morgan fingerprint density at radius 2 is 1.81 bits per heavy atom. The first kappa shape index (κ1) is 19.6. The highest BCUT2D eigenvalue weighted by Crippen LogP contribution is 2.26. The van der Waals surface area contributed by atoms with Gasteiger partial charge in [-0.05, 0) is 50.2 Å². The first-order chi connectivity index (χ1) is 12.4. The molecule has 26 heavy (non-hydrogen) atoms. The predicted molar refractivity (Wildman–Crippen MR) is 101 cm³/mol. The molecule has 0 radical (unpaired) electrons. The van der Waals surface area contributed by atoms with E-state index in [1.54, 1.807) is 23.1 Å². The number of nitrogens with zero attached hydrogens (tertiary/aromatic N) is 1. The second kappa shape index (κ2) is 8.58. The highest BCUT2D eigenvalue weighted by atomic mass is 35.5. The van der Waals surface area contributed by atoms with Crippen molar-refractivity contribution in [3.8, 4) is 11.5 Å². The zero-order chi connectivity index (χ0) is 19.3. The van der Waals surface area contributed by atoms with E-state index in [1.807, 2.05) is 13.8 Å². The maximum Gasteiger partial charge on any atom is 0.259 e. The molecule has 0 aliphatic heterocycles. The van der Waals surface area contributed by atoms with Gasteiger partial charge in [0.05, 0.1) is 23.3 Å². The summed E-state index contributed by atoms with van der Waals surface area (Å²) in [6, 6.07) is 9.04. The Balaban J connectivity index is 2.22. The van der Waals surface area contributed by atoms with Gasteiger partial charge in [-0.25, -0.2) is 0 Å². The molecular formula is C19H21ClN2O4. The third-order valence-electron chi connectivity index (χ3n) is 3.96. The number of methoxy groups -OCH3 is 1. The molecule has 7 heteroatoms. The lowest BCUT2D eigenvalue weighted by molar-refractivity contribution is 0.0773. The van der Waals surface area contributed by atoms with Crippen molar-refractivity contribution in [1.82, 2.24) is 4.90 Å². The largest absolute Gasteiger partial charge is 0.507 e. The van der Waals surface area contributed by atoms with E-state index >= 15 is 0 Å². The molecule has 2 rings (SSSR count). The van der Waals surface area contributed by atoms with E-state index in [2.05, 4.69) is 5.32 Å². The summed E-state index contributed by atoms with van der Waals surface area (Å²) in [6.45, 7) is 4.95. The summed E-state index contributed by atoms with van der Waals surface area (Å²) in [6.07, 6.45) is 0. The second-order valence-corrected chi connectivity index (χ2v) is 5.92. The minimum absolute atomic E-state index is 0.0729. The fraction of sp³-hybridized carbons (Fsp3) is 0.263.